The highest BCUT2D eigenvalue weighted by molar-refractivity contribution is 7.72. The van der Waals surface area contributed by atoms with Gasteiger partial charge in [0, 0.05) is 5.39 Å². The molecule has 0 amide bonds. The van der Waals surface area contributed by atoms with Gasteiger partial charge in [-0.25, -0.2) is 12.8 Å². The van der Waals surface area contributed by atoms with Crippen LogP contribution < -0.4 is 0 Å². The molecular formula is C10H7FO2S. The van der Waals surface area contributed by atoms with E-state index in [-0.39, 0.29) is 4.90 Å². The number of fused-ring (bicyclic) bond motifs is 1. The van der Waals surface area contributed by atoms with E-state index in [2.05, 4.69) is 0 Å². The summed E-state index contributed by atoms with van der Waals surface area (Å²) in [6, 6.07) is 9.25. The van der Waals surface area contributed by atoms with E-state index in [0.29, 0.717) is 10.8 Å². The van der Waals surface area contributed by atoms with E-state index in [0.717, 1.165) is 6.07 Å². The van der Waals surface area contributed by atoms with E-state index in [4.69, 9.17) is 0 Å². The molecule has 0 unspecified atom stereocenters. The highest BCUT2D eigenvalue weighted by Crippen LogP contribution is 2.20. The van der Waals surface area contributed by atoms with Gasteiger partial charge in [0.05, 0.1) is 4.90 Å². The van der Waals surface area contributed by atoms with Crippen LogP contribution in [0.5, 0.6) is 0 Å². The molecule has 4 heteroatoms. The Kier molecular flexibility index (Phi) is 2.21. The third kappa shape index (κ3) is 1.48. The zero-order valence-corrected chi connectivity index (χ0v) is 8.00. The molecule has 0 aliphatic carbocycles. The summed E-state index contributed by atoms with van der Waals surface area (Å²) < 4.78 is 34.7. The van der Waals surface area contributed by atoms with Crippen LogP contribution >= 0.6 is 0 Å². The molecule has 0 spiro atoms. The van der Waals surface area contributed by atoms with Crippen molar-refractivity contribution in [2.45, 2.75) is 4.90 Å². The van der Waals surface area contributed by atoms with Gasteiger partial charge in [0.15, 0.2) is 10.7 Å². The number of hydrogen-bond acceptors (Lipinski definition) is 2. The SMILES string of the molecule is O=[SH](=O)c1cc(F)c2ccccc2c1. The van der Waals surface area contributed by atoms with E-state index in [1.54, 1.807) is 24.3 Å². The Hall–Kier alpha value is -1.42. The minimum atomic E-state index is -2.72. The van der Waals surface area contributed by atoms with Crippen LogP contribution in [0.3, 0.4) is 0 Å². The van der Waals surface area contributed by atoms with Gasteiger partial charge in [-0.15, -0.1) is 0 Å². The molecule has 0 saturated carbocycles. The normalized spacial score (nSPS) is 11.0. The average molecular weight is 210 g/mol. The quantitative estimate of drug-likeness (QED) is 0.730. The van der Waals surface area contributed by atoms with E-state index >= 15 is 0 Å². The summed E-state index contributed by atoms with van der Waals surface area (Å²) in [7, 11) is -2.72. The first-order valence-corrected chi connectivity index (χ1v) is 5.19. The van der Waals surface area contributed by atoms with Gasteiger partial charge >= 0.3 is 0 Å². The second kappa shape index (κ2) is 3.38. The average Bonchev–Trinajstić information content (AvgIpc) is 2.17. The highest BCUT2D eigenvalue weighted by Gasteiger charge is 2.03. The summed E-state index contributed by atoms with van der Waals surface area (Å²) in [4.78, 5) is 0.0104. The largest absolute Gasteiger partial charge is 0.227 e. The second-order valence-corrected chi connectivity index (χ2v) is 3.94. The van der Waals surface area contributed by atoms with Gasteiger partial charge in [0.25, 0.3) is 0 Å². The Morgan fingerprint density at radius 1 is 1.07 bits per heavy atom. The van der Waals surface area contributed by atoms with Gasteiger partial charge in [0.1, 0.15) is 5.82 Å². The van der Waals surface area contributed by atoms with E-state index in [9.17, 15) is 12.8 Å². The minimum absolute atomic E-state index is 0.0104. The lowest BCUT2D eigenvalue weighted by atomic mass is 10.1. The van der Waals surface area contributed by atoms with Crippen molar-refractivity contribution in [2.75, 3.05) is 0 Å². The molecule has 0 radical (unpaired) electrons. The van der Waals surface area contributed by atoms with Crippen LogP contribution in [-0.2, 0) is 10.7 Å². The van der Waals surface area contributed by atoms with Crippen LogP contribution in [-0.4, -0.2) is 8.42 Å². The third-order valence-corrected chi connectivity index (χ3v) is 2.69. The minimum Gasteiger partial charge on any atom is -0.227 e. The number of thiol groups is 1. The van der Waals surface area contributed by atoms with Crippen LogP contribution in [0.15, 0.2) is 41.3 Å². The summed E-state index contributed by atoms with van der Waals surface area (Å²) in [6.45, 7) is 0. The maximum atomic E-state index is 13.3. The Balaban J connectivity index is 2.85. The van der Waals surface area contributed by atoms with Gasteiger partial charge in [-0.05, 0) is 17.5 Å². The van der Waals surface area contributed by atoms with Crippen molar-refractivity contribution in [3.63, 3.8) is 0 Å². The maximum absolute atomic E-state index is 13.3. The first-order chi connectivity index (χ1) is 6.68. The molecule has 0 saturated heterocycles. The summed E-state index contributed by atoms with van der Waals surface area (Å²) in [5.41, 5.74) is 0. The van der Waals surface area contributed by atoms with Crippen molar-refractivity contribution in [2.24, 2.45) is 0 Å². The molecule has 0 fully saturated rings. The molecule has 2 nitrogen and oxygen atoms in total. The van der Waals surface area contributed by atoms with Crippen molar-refractivity contribution in [1.29, 1.82) is 0 Å². The number of rotatable bonds is 1. The van der Waals surface area contributed by atoms with Crippen LogP contribution in [0.25, 0.3) is 10.8 Å². The number of benzene rings is 2. The van der Waals surface area contributed by atoms with Crippen molar-refractivity contribution in [3.05, 3.63) is 42.2 Å². The highest BCUT2D eigenvalue weighted by atomic mass is 32.2. The first-order valence-electron chi connectivity index (χ1n) is 4.01. The fourth-order valence-corrected chi connectivity index (χ4v) is 1.82. The zero-order valence-electron chi connectivity index (χ0n) is 7.11. The topological polar surface area (TPSA) is 34.1 Å². The predicted octanol–water partition coefficient (Wildman–Crippen LogP) is 1.95. The van der Waals surface area contributed by atoms with Gasteiger partial charge < -0.3 is 0 Å². The Morgan fingerprint density at radius 3 is 2.50 bits per heavy atom. The molecule has 2 rings (SSSR count). The molecule has 2 aromatic rings. The van der Waals surface area contributed by atoms with E-state index < -0.39 is 16.5 Å². The van der Waals surface area contributed by atoms with Crippen LogP contribution in [0.2, 0.25) is 0 Å². The second-order valence-electron chi connectivity index (χ2n) is 2.91. The molecule has 0 bridgehead atoms. The summed E-state index contributed by atoms with van der Waals surface area (Å²) in [6.07, 6.45) is 0. The first kappa shape index (κ1) is 9.15. The maximum Gasteiger partial charge on any atom is 0.168 e. The van der Waals surface area contributed by atoms with Crippen molar-refractivity contribution in [3.8, 4) is 0 Å². The van der Waals surface area contributed by atoms with Crippen molar-refractivity contribution in [1.82, 2.24) is 0 Å². The summed E-state index contributed by atoms with van der Waals surface area (Å²) in [5, 5.41) is 1.04. The standard InChI is InChI=1S/C10H7FO2S/c11-10-6-8(14(12)13)5-7-3-1-2-4-9(7)10/h1-6,14H. The lowest BCUT2D eigenvalue weighted by molar-refractivity contribution is 0.609. The lowest BCUT2D eigenvalue weighted by Gasteiger charge is -1.99. The zero-order chi connectivity index (χ0) is 10.1. The van der Waals surface area contributed by atoms with E-state index in [1.165, 1.54) is 6.07 Å². The molecule has 72 valence electrons. The predicted molar refractivity (Wildman–Crippen MR) is 52.5 cm³/mol. The molecular weight excluding hydrogens is 203 g/mol. The Morgan fingerprint density at radius 2 is 1.79 bits per heavy atom. The molecule has 14 heavy (non-hydrogen) atoms. The Bertz CT molecular complexity index is 553. The van der Waals surface area contributed by atoms with Gasteiger partial charge in [0.2, 0.25) is 0 Å². The summed E-state index contributed by atoms with van der Waals surface area (Å²) >= 11 is 0. The van der Waals surface area contributed by atoms with Crippen molar-refractivity contribution < 1.29 is 12.8 Å². The van der Waals surface area contributed by atoms with Crippen molar-refractivity contribution >= 4 is 21.5 Å². The molecule has 0 aliphatic rings. The molecule has 0 heterocycles. The summed E-state index contributed by atoms with van der Waals surface area (Å²) in [5.74, 6) is -0.503. The lowest BCUT2D eigenvalue weighted by Crippen LogP contribution is -1.85. The third-order valence-electron chi connectivity index (χ3n) is 2.01. The Labute approximate surface area is 81.9 Å². The van der Waals surface area contributed by atoms with E-state index in [1.807, 2.05) is 0 Å². The van der Waals surface area contributed by atoms with Crippen LogP contribution in [0, 0.1) is 5.82 Å². The molecule has 0 aliphatic heterocycles. The monoisotopic (exact) mass is 210 g/mol. The van der Waals surface area contributed by atoms with Crippen LogP contribution in [0.4, 0.5) is 4.39 Å². The van der Waals surface area contributed by atoms with Gasteiger partial charge in [-0.2, -0.15) is 0 Å². The molecule has 0 aromatic heterocycles. The smallest absolute Gasteiger partial charge is 0.168 e. The number of hydrogen-bond donors (Lipinski definition) is 1. The van der Waals surface area contributed by atoms with Gasteiger partial charge in [-0.1, -0.05) is 24.3 Å². The number of halogens is 1. The van der Waals surface area contributed by atoms with Gasteiger partial charge in [-0.3, -0.25) is 0 Å². The fraction of sp³-hybridized carbons (Fsp3) is 0. The molecule has 2 aromatic carbocycles. The van der Waals surface area contributed by atoms with Crippen LogP contribution in [0.1, 0.15) is 0 Å². The fourth-order valence-electron chi connectivity index (χ4n) is 1.35. The molecule has 0 atom stereocenters. The molecule has 0 N–H and O–H groups in total.